The van der Waals surface area contributed by atoms with E-state index >= 15 is 0 Å². The van der Waals surface area contributed by atoms with Gasteiger partial charge in [0.1, 0.15) is 0 Å². The summed E-state index contributed by atoms with van der Waals surface area (Å²) in [4.78, 5) is 17.0. The number of hydrogen-bond acceptors (Lipinski definition) is 3. The Morgan fingerprint density at radius 1 is 1.24 bits per heavy atom. The van der Waals surface area contributed by atoms with E-state index in [9.17, 15) is 4.79 Å². The molecule has 0 saturated carbocycles. The van der Waals surface area contributed by atoms with Crippen LogP contribution in [0.5, 0.6) is 0 Å². The molecule has 3 atom stereocenters. The highest BCUT2D eigenvalue weighted by molar-refractivity contribution is 5.84. The van der Waals surface area contributed by atoms with Crippen LogP contribution in [0.4, 0.5) is 0 Å². The van der Waals surface area contributed by atoms with Crippen LogP contribution in [-0.2, 0) is 4.79 Å². The first-order valence-corrected chi connectivity index (χ1v) is 7.09. The largest absolute Gasteiger partial charge is 0.324 e. The van der Waals surface area contributed by atoms with Gasteiger partial charge in [0, 0.05) is 18.6 Å². The molecule has 3 aliphatic rings. The lowest BCUT2D eigenvalue weighted by Gasteiger charge is -2.35. The Hall–Kier alpha value is -0.610. The van der Waals surface area contributed by atoms with Gasteiger partial charge in [-0.15, -0.1) is 0 Å². The minimum absolute atomic E-state index is 0.0765. The highest BCUT2D eigenvalue weighted by Crippen LogP contribution is 2.31. The van der Waals surface area contributed by atoms with Gasteiger partial charge >= 0.3 is 0 Å². The van der Waals surface area contributed by atoms with Crippen LogP contribution in [0.3, 0.4) is 0 Å². The Kier molecular flexibility index (Phi) is 3.09. The molecule has 0 aromatic carbocycles. The molecule has 4 heteroatoms. The third-order valence-corrected chi connectivity index (χ3v) is 4.72. The molecular weight excluding hydrogens is 214 g/mol. The molecule has 3 saturated heterocycles. The molecule has 3 unspecified atom stereocenters. The number of piperidine rings is 1. The van der Waals surface area contributed by atoms with E-state index in [2.05, 4.69) is 22.0 Å². The van der Waals surface area contributed by atoms with Crippen LogP contribution in [0, 0.1) is 0 Å². The topological polar surface area (TPSA) is 35.6 Å². The molecular formula is C13H23N3O. The molecule has 0 bridgehead atoms. The molecule has 1 amide bonds. The second kappa shape index (κ2) is 4.58. The van der Waals surface area contributed by atoms with Crippen molar-refractivity contribution in [1.82, 2.24) is 15.1 Å². The van der Waals surface area contributed by atoms with Crippen LogP contribution in [0.25, 0.3) is 0 Å². The predicted octanol–water partition coefficient (Wildman–Crippen LogP) is 0.781. The number of carbonyl (C=O) groups is 1. The normalized spacial score (nSPS) is 38.8. The van der Waals surface area contributed by atoms with Crippen LogP contribution < -0.4 is 5.32 Å². The van der Waals surface area contributed by atoms with E-state index in [0.29, 0.717) is 18.0 Å². The van der Waals surface area contributed by atoms with Crippen molar-refractivity contribution < 1.29 is 4.79 Å². The molecule has 0 spiro atoms. The standard InChI is InChI=1S/C13H23N3O/c1-2-10-13(17)16(9-14-10)12-6-8-15-7-4-3-5-11(12)15/h10-12,14H,2-9H2,1H3. The van der Waals surface area contributed by atoms with Crippen molar-refractivity contribution in [2.45, 2.75) is 57.2 Å². The van der Waals surface area contributed by atoms with Gasteiger partial charge in [-0.25, -0.2) is 0 Å². The van der Waals surface area contributed by atoms with E-state index in [1.54, 1.807) is 0 Å². The van der Waals surface area contributed by atoms with Crippen molar-refractivity contribution >= 4 is 5.91 Å². The number of carbonyl (C=O) groups excluding carboxylic acids is 1. The fraction of sp³-hybridized carbons (Fsp3) is 0.923. The lowest BCUT2D eigenvalue weighted by molar-refractivity contribution is -0.131. The maximum absolute atomic E-state index is 12.2. The van der Waals surface area contributed by atoms with Gasteiger partial charge in [0.25, 0.3) is 0 Å². The molecule has 3 heterocycles. The van der Waals surface area contributed by atoms with Crippen molar-refractivity contribution in [2.24, 2.45) is 0 Å². The zero-order chi connectivity index (χ0) is 11.8. The van der Waals surface area contributed by atoms with Crippen LogP contribution >= 0.6 is 0 Å². The fourth-order valence-corrected chi connectivity index (χ4v) is 3.76. The van der Waals surface area contributed by atoms with Gasteiger partial charge in [-0.2, -0.15) is 0 Å². The number of nitrogens with one attached hydrogen (secondary N) is 1. The summed E-state index contributed by atoms with van der Waals surface area (Å²) < 4.78 is 0. The van der Waals surface area contributed by atoms with Crippen LogP contribution in [-0.4, -0.2) is 53.6 Å². The average molecular weight is 237 g/mol. The first-order valence-electron chi connectivity index (χ1n) is 7.09. The molecule has 0 aromatic rings. The van der Waals surface area contributed by atoms with E-state index in [1.807, 2.05) is 0 Å². The molecule has 0 aromatic heterocycles. The van der Waals surface area contributed by atoms with Crippen molar-refractivity contribution in [3.05, 3.63) is 0 Å². The van der Waals surface area contributed by atoms with E-state index in [1.165, 1.54) is 38.8 Å². The van der Waals surface area contributed by atoms with E-state index in [-0.39, 0.29) is 6.04 Å². The maximum atomic E-state index is 12.2. The van der Waals surface area contributed by atoms with E-state index < -0.39 is 0 Å². The van der Waals surface area contributed by atoms with Crippen molar-refractivity contribution in [2.75, 3.05) is 19.8 Å². The van der Waals surface area contributed by atoms with Gasteiger partial charge in [0.05, 0.1) is 12.7 Å². The second-order valence-electron chi connectivity index (χ2n) is 5.59. The van der Waals surface area contributed by atoms with Gasteiger partial charge in [0.2, 0.25) is 5.91 Å². The van der Waals surface area contributed by atoms with Gasteiger partial charge in [0.15, 0.2) is 0 Å². The molecule has 0 aliphatic carbocycles. The summed E-state index contributed by atoms with van der Waals surface area (Å²) in [6.07, 6.45) is 6.05. The number of fused-ring (bicyclic) bond motifs is 1. The molecule has 3 rings (SSSR count). The van der Waals surface area contributed by atoms with Crippen LogP contribution in [0.2, 0.25) is 0 Å². The SMILES string of the molecule is CCC1NCN(C2CCN3CCCCC23)C1=O. The van der Waals surface area contributed by atoms with Crippen molar-refractivity contribution in [3.8, 4) is 0 Å². The van der Waals surface area contributed by atoms with E-state index in [4.69, 9.17) is 0 Å². The molecule has 3 aliphatic heterocycles. The summed E-state index contributed by atoms with van der Waals surface area (Å²) in [5.74, 6) is 0.338. The number of rotatable bonds is 2. The highest BCUT2D eigenvalue weighted by Gasteiger charge is 2.43. The first-order chi connectivity index (χ1) is 8.31. The summed E-state index contributed by atoms with van der Waals surface area (Å²) in [5.41, 5.74) is 0. The highest BCUT2D eigenvalue weighted by atomic mass is 16.2. The monoisotopic (exact) mass is 237 g/mol. The van der Waals surface area contributed by atoms with Crippen molar-refractivity contribution in [3.63, 3.8) is 0 Å². The van der Waals surface area contributed by atoms with Gasteiger partial charge in [-0.3, -0.25) is 15.0 Å². The summed E-state index contributed by atoms with van der Waals surface area (Å²) in [5, 5.41) is 3.34. The van der Waals surface area contributed by atoms with E-state index in [0.717, 1.165) is 13.1 Å². The maximum Gasteiger partial charge on any atom is 0.241 e. The van der Waals surface area contributed by atoms with Gasteiger partial charge in [-0.1, -0.05) is 13.3 Å². The fourth-order valence-electron chi connectivity index (χ4n) is 3.76. The van der Waals surface area contributed by atoms with Crippen molar-refractivity contribution in [1.29, 1.82) is 0 Å². The molecule has 96 valence electrons. The Morgan fingerprint density at radius 2 is 2.12 bits per heavy atom. The van der Waals surface area contributed by atoms with Gasteiger partial charge in [-0.05, 0) is 32.2 Å². The Labute approximate surface area is 103 Å². The first kappa shape index (κ1) is 11.5. The third-order valence-electron chi connectivity index (χ3n) is 4.72. The smallest absolute Gasteiger partial charge is 0.241 e. The quantitative estimate of drug-likeness (QED) is 0.771. The summed E-state index contributed by atoms with van der Waals surface area (Å²) in [6, 6.07) is 1.20. The predicted molar refractivity (Wildman–Crippen MR) is 66.5 cm³/mol. The molecule has 0 radical (unpaired) electrons. The summed E-state index contributed by atoms with van der Waals surface area (Å²) >= 11 is 0. The van der Waals surface area contributed by atoms with Gasteiger partial charge < -0.3 is 4.90 Å². The zero-order valence-electron chi connectivity index (χ0n) is 10.7. The second-order valence-corrected chi connectivity index (χ2v) is 5.59. The zero-order valence-corrected chi connectivity index (χ0v) is 10.7. The molecule has 17 heavy (non-hydrogen) atoms. The number of amides is 1. The molecule has 4 nitrogen and oxygen atoms in total. The lowest BCUT2D eigenvalue weighted by atomic mass is 9.98. The summed E-state index contributed by atoms with van der Waals surface area (Å²) in [6.45, 7) is 5.29. The average Bonchev–Trinajstić information content (AvgIpc) is 2.92. The van der Waals surface area contributed by atoms with Crippen LogP contribution in [0.1, 0.15) is 39.0 Å². The Bertz CT molecular complexity index is 307. The molecule has 3 fully saturated rings. The minimum Gasteiger partial charge on any atom is -0.324 e. The lowest BCUT2D eigenvalue weighted by Crippen LogP contribution is -2.48. The Balaban J connectivity index is 1.70. The minimum atomic E-state index is 0.0765. The van der Waals surface area contributed by atoms with Crippen LogP contribution in [0.15, 0.2) is 0 Å². The number of nitrogens with zero attached hydrogens (tertiary/aromatic N) is 2. The summed E-state index contributed by atoms with van der Waals surface area (Å²) in [7, 11) is 0. The Morgan fingerprint density at radius 3 is 2.88 bits per heavy atom. The molecule has 1 N–H and O–H groups in total. The third kappa shape index (κ3) is 1.87. The number of hydrogen-bond donors (Lipinski definition) is 1.